The van der Waals surface area contributed by atoms with Crippen LogP contribution in [0, 0.1) is 0 Å². The third-order valence-electron chi connectivity index (χ3n) is 2.35. The van der Waals surface area contributed by atoms with Gasteiger partial charge in [-0.25, -0.2) is 4.79 Å². The molecule has 1 rings (SSSR count). The Labute approximate surface area is 96.1 Å². The Hall–Kier alpha value is -1.26. The van der Waals surface area contributed by atoms with Crippen molar-refractivity contribution in [3.63, 3.8) is 0 Å². The number of hydrogen-bond donors (Lipinski definition) is 1. The Morgan fingerprint density at radius 1 is 1.50 bits per heavy atom. The number of likely N-dealkylation sites (N-methyl/N-ethyl adjacent to an activating group) is 1. The summed E-state index contributed by atoms with van der Waals surface area (Å²) < 4.78 is 5.10. The molecule has 0 aromatic rings. The number of carbonyl (C=O) groups is 2. The first-order valence-electron chi connectivity index (χ1n) is 5.54. The van der Waals surface area contributed by atoms with E-state index in [-0.39, 0.29) is 5.91 Å². The molecule has 1 saturated heterocycles. The Kier molecular flexibility index (Phi) is 3.78. The third kappa shape index (κ3) is 3.72. The maximum Gasteiger partial charge on any atom is 0.408 e. The normalized spacial score (nSPS) is 21.9. The highest BCUT2D eigenvalue weighted by atomic mass is 16.6. The summed E-state index contributed by atoms with van der Waals surface area (Å²) in [5.41, 5.74) is -0.534. The highest BCUT2D eigenvalue weighted by molar-refractivity contribution is 5.86. The highest BCUT2D eigenvalue weighted by Gasteiger charge is 2.29. The second kappa shape index (κ2) is 4.72. The summed E-state index contributed by atoms with van der Waals surface area (Å²) in [4.78, 5) is 24.8. The van der Waals surface area contributed by atoms with E-state index in [1.54, 1.807) is 32.7 Å². The minimum absolute atomic E-state index is 0.0443. The van der Waals surface area contributed by atoms with Gasteiger partial charge in [-0.3, -0.25) is 4.79 Å². The summed E-state index contributed by atoms with van der Waals surface area (Å²) in [6, 6.07) is -0.436. The van der Waals surface area contributed by atoms with Crippen LogP contribution in [0.2, 0.25) is 0 Å². The van der Waals surface area contributed by atoms with Gasteiger partial charge in [0.05, 0.1) is 0 Å². The Morgan fingerprint density at radius 3 is 2.69 bits per heavy atom. The van der Waals surface area contributed by atoms with E-state index >= 15 is 0 Å². The first-order valence-corrected chi connectivity index (χ1v) is 5.54. The van der Waals surface area contributed by atoms with Gasteiger partial charge in [0.25, 0.3) is 0 Å². The Morgan fingerprint density at radius 2 is 2.12 bits per heavy atom. The lowest BCUT2D eigenvalue weighted by atomic mass is 10.1. The fraction of sp³-hybridized carbons (Fsp3) is 0.818. The zero-order valence-corrected chi connectivity index (χ0v) is 10.4. The van der Waals surface area contributed by atoms with E-state index in [0.717, 1.165) is 13.0 Å². The molecular formula is C11H20N2O3. The number of alkyl carbamates (subject to hydrolysis) is 1. The van der Waals surface area contributed by atoms with Gasteiger partial charge in [-0.05, 0) is 33.6 Å². The number of amides is 2. The molecule has 1 N–H and O–H groups in total. The third-order valence-corrected chi connectivity index (χ3v) is 2.35. The van der Waals surface area contributed by atoms with Gasteiger partial charge < -0.3 is 15.0 Å². The summed E-state index contributed by atoms with van der Waals surface area (Å²) in [6.45, 7) is 6.13. The van der Waals surface area contributed by atoms with E-state index in [2.05, 4.69) is 5.32 Å². The van der Waals surface area contributed by atoms with E-state index in [1.807, 2.05) is 0 Å². The molecule has 0 radical (unpaired) electrons. The molecule has 5 heteroatoms. The minimum Gasteiger partial charge on any atom is -0.444 e. The fourth-order valence-corrected chi connectivity index (χ4v) is 1.62. The Bertz CT molecular complexity index is 283. The molecule has 0 aromatic heterocycles. The van der Waals surface area contributed by atoms with E-state index < -0.39 is 17.7 Å². The van der Waals surface area contributed by atoms with Crippen LogP contribution >= 0.6 is 0 Å². The van der Waals surface area contributed by atoms with E-state index in [0.29, 0.717) is 6.42 Å². The molecule has 92 valence electrons. The van der Waals surface area contributed by atoms with Crippen molar-refractivity contribution < 1.29 is 14.3 Å². The number of nitrogens with zero attached hydrogens (tertiary/aromatic N) is 1. The molecule has 1 atom stereocenters. The van der Waals surface area contributed by atoms with E-state index in [4.69, 9.17) is 4.74 Å². The average molecular weight is 228 g/mol. The van der Waals surface area contributed by atoms with Crippen LogP contribution in [0.1, 0.15) is 33.6 Å². The van der Waals surface area contributed by atoms with Crippen molar-refractivity contribution in [1.29, 1.82) is 0 Å². The maximum absolute atomic E-state index is 11.7. The smallest absolute Gasteiger partial charge is 0.408 e. The van der Waals surface area contributed by atoms with Gasteiger partial charge in [0, 0.05) is 13.6 Å². The first-order chi connectivity index (χ1) is 7.29. The standard InChI is InChI=1S/C11H20N2O3/c1-11(2,3)16-10(15)12-8-6-5-7-13(4)9(8)14/h8H,5-7H2,1-4H3,(H,12,15)/t8-/m0/s1. The molecule has 16 heavy (non-hydrogen) atoms. The molecule has 1 aliphatic heterocycles. The zero-order chi connectivity index (χ0) is 12.3. The van der Waals surface area contributed by atoms with Gasteiger partial charge in [-0.2, -0.15) is 0 Å². The van der Waals surface area contributed by atoms with Crippen molar-refractivity contribution in [1.82, 2.24) is 10.2 Å². The van der Waals surface area contributed by atoms with Crippen LogP contribution in [0.3, 0.4) is 0 Å². The van der Waals surface area contributed by atoms with E-state index in [9.17, 15) is 9.59 Å². The number of nitrogens with one attached hydrogen (secondary N) is 1. The van der Waals surface area contributed by atoms with Gasteiger partial charge >= 0.3 is 6.09 Å². The fourth-order valence-electron chi connectivity index (χ4n) is 1.62. The van der Waals surface area contributed by atoms with Crippen molar-refractivity contribution in [2.75, 3.05) is 13.6 Å². The second-order valence-electron chi connectivity index (χ2n) is 5.10. The first kappa shape index (κ1) is 12.8. The van der Waals surface area contributed by atoms with Gasteiger partial charge in [-0.15, -0.1) is 0 Å². The number of likely N-dealkylation sites (tertiary alicyclic amines) is 1. The lowest BCUT2D eigenvalue weighted by Gasteiger charge is -2.30. The number of hydrogen-bond acceptors (Lipinski definition) is 3. The lowest BCUT2D eigenvalue weighted by Crippen LogP contribution is -2.51. The quantitative estimate of drug-likeness (QED) is 0.732. The van der Waals surface area contributed by atoms with Crippen LogP contribution in [-0.4, -0.2) is 42.1 Å². The Balaban J connectivity index is 2.47. The summed E-state index contributed by atoms with van der Waals surface area (Å²) in [6.07, 6.45) is 1.06. The van der Waals surface area contributed by atoms with Crippen molar-refractivity contribution in [2.24, 2.45) is 0 Å². The molecule has 1 fully saturated rings. The predicted octanol–water partition coefficient (Wildman–Crippen LogP) is 1.13. The molecule has 0 aromatic carbocycles. The molecule has 0 saturated carbocycles. The summed E-state index contributed by atoms with van der Waals surface area (Å²) in [5.74, 6) is -0.0443. The van der Waals surface area contributed by atoms with Crippen molar-refractivity contribution >= 4 is 12.0 Å². The molecule has 5 nitrogen and oxygen atoms in total. The highest BCUT2D eigenvalue weighted by Crippen LogP contribution is 2.11. The molecule has 0 spiro atoms. The van der Waals surface area contributed by atoms with E-state index in [1.165, 1.54) is 0 Å². The van der Waals surface area contributed by atoms with Crippen molar-refractivity contribution in [3.05, 3.63) is 0 Å². The molecule has 0 unspecified atom stereocenters. The SMILES string of the molecule is CN1CCC[C@H](NC(=O)OC(C)(C)C)C1=O. The predicted molar refractivity (Wildman–Crippen MR) is 60.0 cm³/mol. The summed E-state index contributed by atoms with van der Waals surface area (Å²) >= 11 is 0. The average Bonchev–Trinajstić information content (AvgIpc) is 2.09. The molecular weight excluding hydrogens is 208 g/mol. The molecule has 0 aliphatic carbocycles. The van der Waals surface area contributed by atoms with Crippen molar-refractivity contribution in [2.45, 2.75) is 45.3 Å². The monoisotopic (exact) mass is 228 g/mol. The topological polar surface area (TPSA) is 58.6 Å². The number of rotatable bonds is 1. The van der Waals surface area contributed by atoms with Crippen molar-refractivity contribution in [3.8, 4) is 0 Å². The van der Waals surface area contributed by atoms with Gasteiger partial charge in [0.15, 0.2) is 0 Å². The van der Waals surface area contributed by atoms with Crippen LogP contribution in [0.15, 0.2) is 0 Å². The van der Waals surface area contributed by atoms with Crippen LogP contribution in [-0.2, 0) is 9.53 Å². The molecule has 1 aliphatic rings. The molecule has 0 bridgehead atoms. The number of carbonyl (C=O) groups excluding carboxylic acids is 2. The largest absolute Gasteiger partial charge is 0.444 e. The molecule has 2 amide bonds. The van der Waals surface area contributed by atoms with Crippen LogP contribution in [0.5, 0.6) is 0 Å². The summed E-state index contributed by atoms with van der Waals surface area (Å²) in [7, 11) is 1.74. The van der Waals surface area contributed by atoms with Gasteiger partial charge in [0.2, 0.25) is 5.91 Å². The minimum atomic E-state index is -0.534. The van der Waals surface area contributed by atoms with Crippen LogP contribution in [0.25, 0.3) is 0 Å². The maximum atomic E-state index is 11.7. The zero-order valence-electron chi connectivity index (χ0n) is 10.4. The second-order valence-corrected chi connectivity index (χ2v) is 5.10. The van der Waals surface area contributed by atoms with Gasteiger partial charge in [-0.1, -0.05) is 0 Å². The molecule has 1 heterocycles. The van der Waals surface area contributed by atoms with Crippen LogP contribution < -0.4 is 5.32 Å². The number of piperidine rings is 1. The summed E-state index contributed by atoms with van der Waals surface area (Å²) in [5, 5.41) is 2.60. The number of ether oxygens (including phenoxy) is 1. The lowest BCUT2D eigenvalue weighted by molar-refractivity contribution is -0.134. The van der Waals surface area contributed by atoms with Gasteiger partial charge in [0.1, 0.15) is 11.6 Å². The van der Waals surface area contributed by atoms with Crippen LogP contribution in [0.4, 0.5) is 4.79 Å².